The van der Waals surface area contributed by atoms with Crippen LogP contribution in [0.25, 0.3) is 10.8 Å². The van der Waals surface area contributed by atoms with Gasteiger partial charge in [0.25, 0.3) is 11.8 Å². The van der Waals surface area contributed by atoms with Crippen molar-refractivity contribution in [1.82, 2.24) is 4.90 Å². The third kappa shape index (κ3) is 1.93. The minimum absolute atomic E-state index is 0.227. The maximum Gasteiger partial charge on any atom is 0.261 e. The molecule has 0 atom stereocenters. The number of carbonyl (C=O) groups excluding carboxylic acids is 2. The predicted octanol–water partition coefficient (Wildman–Crippen LogP) is 4.46. The van der Waals surface area contributed by atoms with Crippen molar-refractivity contribution in [1.29, 1.82) is 0 Å². The topological polar surface area (TPSA) is 37.4 Å². The molecule has 1 aliphatic heterocycles. The van der Waals surface area contributed by atoms with Crippen molar-refractivity contribution in [3.05, 3.63) is 68.3 Å². The summed E-state index contributed by atoms with van der Waals surface area (Å²) in [6.07, 6.45) is 0. The lowest BCUT2D eigenvalue weighted by Crippen LogP contribution is -2.39. The molecule has 0 saturated heterocycles. The summed E-state index contributed by atoms with van der Waals surface area (Å²) in [6.45, 7) is 0.321. The van der Waals surface area contributed by atoms with Gasteiger partial charge in [0.1, 0.15) is 0 Å². The molecule has 1 aromatic heterocycles. The number of hydrogen-bond acceptors (Lipinski definition) is 3. The molecule has 3 aromatic rings. The van der Waals surface area contributed by atoms with Crippen molar-refractivity contribution in [2.75, 3.05) is 0 Å². The molecule has 0 fully saturated rings. The number of thiophene rings is 1. The molecule has 0 aliphatic carbocycles. The van der Waals surface area contributed by atoms with Crippen molar-refractivity contribution in [2.24, 2.45) is 0 Å². The molecule has 5 heteroatoms. The van der Waals surface area contributed by atoms with Gasteiger partial charge in [0.2, 0.25) is 0 Å². The van der Waals surface area contributed by atoms with E-state index in [2.05, 4.69) is 15.9 Å². The second kappa shape index (κ2) is 5.04. The first kappa shape index (κ1) is 13.7. The molecule has 2 aromatic carbocycles. The van der Waals surface area contributed by atoms with Crippen LogP contribution in [0, 0.1) is 0 Å². The lowest BCUT2D eigenvalue weighted by Gasteiger charge is -2.27. The molecule has 0 bridgehead atoms. The van der Waals surface area contributed by atoms with Gasteiger partial charge in [0.05, 0.1) is 6.54 Å². The third-order valence-corrected chi connectivity index (χ3v) is 5.39. The minimum Gasteiger partial charge on any atom is -0.269 e. The Morgan fingerprint density at radius 3 is 2.45 bits per heavy atom. The lowest BCUT2D eigenvalue weighted by molar-refractivity contribution is 0.0600. The highest BCUT2D eigenvalue weighted by atomic mass is 79.9. The highest BCUT2D eigenvalue weighted by Gasteiger charge is 2.33. The highest BCUT2D eigenvalue weighted by molar-refractivity contribution is 9.10. The Bertz CT molecular complexity index is 896. The molecule has 0 N–H and O–H groups in total. The summed E-state index contributed by atoms with van der Waals surface area (Å²) >= 11 is 5.03. The van der Waals surface area contributed by atoms with Crippen LogP contribution in [-0.2, 0) is 6.54 Å². The van der Waals surface area contributed by atoms with Crippen LogP contribution in [-0.4, -0.2) is 16.7 Å². The van der Waals surface area contributed by atoms with Gasteiger partial charge in [-0.1, -0.05) is 34.1 Å². The maximum absolute atomic E-state index is 12.7. The second-order valence-electron chi connectivity index (χ2n) is 5.10. The molecule has 0 spiro atoms. The fraction of sp³-hybridized carbons (Fsp3) is 0.0588. The smallest absolute Gasteiger partial charge is 0.261 e. The van der Waals surface area contributed by atoms with Gasteiger partial charge >= 0.3 is 0 Å². The van der Waals surface area contributed by atoms with Crippen LogP contribution in [0.2, 0.25) is 0 Å². The summed E-state index contributed by atoms with van der Waals surface area (Å²) in [7, 11) is 0. The number of halogens is 1. The summed E-state index contributed by atoms with van der Waals surface area (Å²) in [6, 6.07) is 13.1. The Labute approximate surface area is 139 Å². The number of amides is 2. The van der Waals surface area contributed by atoms with Gasteiger partial charge in [-0.2, -0.15) is 0 Å². The first-order chi connectivity index (χ1) is 10.7. The zero-order valence-corrected chi connectivity index (χ0v) is 13.8. The highest BCUT2D eigenvalue weighted by Crippen LogP contribution is 2.34. The summed E-state index contributed by atoms with van der Waals surface area (Å²) in [4.78, 5) is 27.8. The van der Waals surface area contributed by atoms with Crippen LogP contribution in [0.5, 0.6) is 0 Å². The Hall–Kier alpha value is -1.98. The number of rotatable bonds is 2. The molecular weight excluding hydrogens is 362 g/mol. The number of imide groups is 1. The first-order valence-electron chi connectivity index (χ1n) is 6.76. The van der Waals surface area contributed by atoms with E-state index in [-0.39, 0.29) is 11.8 Å². The predicted molar refractivity (Wildman–Crippen MR) is 90.2 cm³/mol. The molecule has 2 heterocycles. The average molecular weight is 372 g/mol. The zero-order chi connectivity index (χ0) is 15.3. The average Bonchev–Trinajstić information content (AvgIpc) is 3.03. The standard InChI is InChI=1S/C17H10BrNO2S/c18-14-7-6-13-15-11(14)4-1-5-12(15)16(20)19(17(13)21)9-10-3-2-8-22-10/h1-8H,9H2. The second-order valence-corrected chi connectivity index (χ2v) is 6.99. The summed E-state index contributed by atoms with van der Waals surface area (Å²) in [5, 5.41) is 3.58. The number of carbonyl (C=O) groups is 2. The Kier molecular flexibility index (Phi) is 3.13. The molecule has 1 aliphatic rings. The van der Waals surface area contributed by atoms with Crippen molar-refractivity contribution in [2.45, 2.75) is 6.54 Å². The van der Waals surface area contributed by atoms with E-state index in [0.717, 1.165) is 20.1 Å². The van der Waals surface area contributed by atoms with E-state index < -0.39 is 0 Å². The lowest BCUT2D eigenvalue weighted by atomic mass is 9.94. The largest absolute Gasteiger partial charge is 0.269 e. The molecule has 0 saturated carbocycles. The molecule has 0 radical (unpaired) electrons. The Balaban J connectivity index is 1.91. The SMILES string of the molecule is O=C1c2cccc3c(Br)ccc(c23)C(=O)N1Cc1cccs1. The molecule has 4 rings (SSSR count). The van der Waals surface area contributed by atoms with Gasteiger partial charge in [-0.05, 0) is 35.0 Å². The zero-order valence-electron chi connectivity index (χ0n) is 11.4. The molecule has 3 nitrogen and oxygen atoms in total. The molecule has 0 unspecified atom stereocenters. The fourth-order valence-electron chi connectivity index (χ4n) is 2.81. The van der Waals surface area contributed by atoms with Crippen molar-refractivity contribution >= 4 is 49.9 Å². The van der Waals surface area contributed by atoms with Crippen LogP contribution in [0.1, 0.15) is 25.6 Å². The minimum atomic E-state index is -0.227. The van der Waals surface area contributed by atoms with E-state index >= 15 is 0 Å². The van der Waals surface area contributed by atoms with E-state index in [1.807, 2.05) is 35.7 Å². The van der Waals surface area contributed by atoms with Crippen LogP contribution >= 0.6 is 27.3 Å². The van der Waals surface area contributed by atoms with Gasteiger partial charge in [0, 0.05) is 25.9 Å². The summed E-state index contributed by atoms with van der Waals surface area (Å²) in [5.74, 6) is -0.454. The quantitative estimate of drug-likeness (QED) is 0.623. The normalized spacial score (nSPS) is 14.0. The van der Waals surface area contributed by atoms with E-state index in [4.69, 9.17) is 0 Å². The number of nitrogens with zero attached hydrogens (tertiary/aromatic N) is 1. The summed E-state index contributed by atoms with van der Waals surface area (Å²) < 4.78 is 0.889. The molecule has 2 amide bonds. The van der Waals surface area contributed by atoms with Gasteiger partial charge in [0.15, 0.2) is 0 Å². The number of benzene rings is 2. The molecular formula is C17H10BrNO2S. The third-order valence-electron chi connectivity index (χ3n) is 3.83. The van der Waals surface area contributed by atoms with Gasteiger partial charge < -0.3 is 0 Å². The monoisotopic (exact) mass is 371 g/mol. The number of hydrogen-bond donors (Lipinski definition) is 0. The van der Waals surface area contributed by atoms with E-state index in [1.54, 1.807) is 23.5 Å². The Morgan fingerprint density at radius 2 is 1.73 bits per heavy atom. The van der Waals surface area contributed by atoms with Gasteiger partial charge in [-0.25, -0.2) is 0 Å². The van der Waals surface area contributed by atoms with Crippen molar-refractivity contribution in [3.8, 4) is 0 Å². The van der Waals surface area contributed by atoms with E-state index in [0.29, 0.717) is 17.7 Å². The van der Waals surface area contributed by atoms with Crippen LogP contribution in [0.15, 0.2) is 52.3 Å². The van der Waals surface area contributed by atoms with Crippen LogP contribution in [0.3, 0.4) is 0 Å². The molecule has 108 valence electrons. The first-order valence-corrected chi connectivity index (χ1v) is 8.44. The fourth-order valence-corrected chi connectivity index (χ4v) is 3.97. The van der Waals surface area contributed by atoms with Crippen LogP contribution < -0.4 is 0 Å². The van der Waals surface area contributed by atoms with Crippen LogP contribution in [0.4, 0.5) is 0 Å². The van der Waals surface area contributed by atoms with Gasteiger partial charge in [-0.3, -0.25) is 14.5 Å². The van der Waals surface area contributed by atoms with Gasteiger partial charge in [-0.15, -0.1) is 11.3 Å². The maximum atomic E-state index is 12.7. The van der Waals surface area contributed by atoms with E-state index in [9.17, 15) is 9.59 Å². The van der Waals surface area contributed by atoms with Crippen molar-refractivity contribution in [3.63, 3.8) is 0 Å². The van der Waals surface area contributed by atoms with Crippen molar-refractivity contribution < 1.29 is 9.59 Å². The Morgan fingerprint density at radius 1 is 0.955 bits per heavy atom. The molecule has 22 heavy (non-hydrogen) atoms. The van der Waals surface area contributed by atoms with E-state index in [1.165, 1.54) is 4.90 Å². The summed E-state index contributed by atoms with van der Waals surface area (Å²) in [5.41, 5.74) is 1.18.